The maximum absolute atomic E-state index is 12.3. The summed E-state index contributed by atoms with van der Waals surface area (Å²) in [5.41, 5.74) is 4.11. The fourth-order valence-corrected chi connectivity index (χ4v) is 3.25. The van der Waals surface area contributed by atoms with Crippen LogP contribution in [0.2, 0.25) is 0 Å². The summed E-state index contributed by atoms with van der Waals surface area (Å²) in [5, 5.41) is 3.98. The van der Waals surface area contributed by atoms with Gasteiger partial charge in [0.2, 0.25) is 0 Å². The second-order valence-corrected chi connectivity index (χ2v) is 7.89. The standard InChI is InChI=1S/C25H32N4O6/c1-4-33-23-14-19(8-9-22(23)35-18-25(31)29-10-12-32-13-11-29)16-26-27-24(30)17-34-21-7-5-6-20(15-21)28(2)3/h5-9,14-16H,4,10-13,17-18H2,1-3H3,(H,27,30)/b26-16+. The lowest BCUT2D eigenvalue weighted by Gasteiger charge is -2.26. The van der Waals surface area contributed by atoms with E-state index in [1.807, 2.05) is 44.1 Å². The minimum Gasteiger partial charge on any atom is -0.490 e. The van der Waals surface area contributed by atoms with E-state index in [9.17, 15) is 9.59 Å². The van der Waals surface area contributed by atoms with Gasteiger partial charge in [0.05, 0.1) is 26.0 Å². The van der Waals surface area contributed by atoms with E-state index >= 15 is 0 Å². The van der Waals surface area contributed by atoms with Gasteiger partial charge in [-0.3, -0.25) is 9.59 Å². The SMILES string of the molecule is CCOc1cc(/C=N/NC(=O)COc2cccc(N(C)C)c2)ccc1OCC(=O)N1CCOCC1. The van der Waals surface area contributed by atoms with Crippen molar-refractivity contribution in [3.63, 3.8) is 0 Å². The summed E-state index contributed by atoms with van der Waals surface area (Å²) in [6.45, 7) is 4.25. The molecule has 1 aliphatic heterocycles. The lowest BCUT2D eigenvalue weighted by Crippen LogP contribution is -2.43. The Morgan fingerprint density at radius 2 is 1.86 bits per heavy atom. The number of nitrogens with one attached hydrogen (secondary N) is 1. The highest BCUT2D eigenvalue weighted by atomic mass is 16.5. The number of amides is 2. The van der Waals surface area contributed by atoms with Crippen molar-refractivity contribution < 1.29 is 28.5 Å². The lowest BCUT2D eigenvalue weighted by molar-refractivity contribution is -0.137. The predicted octanol–water partition coefficient (Wildman–Crippen LogP) is 1.92. The Morgan fingerprint density at radius 1 is 1.06 bits per heavy atom. The van der Waals surface area contributed by atoms with Crippen LogP contribution in [-0.2, 0) is 14.3 Å². The third-order valence-corrected chi connectivity index (χ3v) is 5.09. The summed E-state index contributed by atoms with van der Waals surface area (Å²) < 4.78 is 22.2. The number of ether oxygens (including phenoxy) is 4. The van der Waals surface area contributed by atoms with Crippen molar-refractivity contribution in [1.82, 2.24) is 10.3 Å². The Labute approximate surface area is 205 Å². The minimum atomic E-state index is -0.386. The smallest absolute Gasteiger partial charge is 0.277 e. The van der Waals surface area contributed by atoms with Crippen molar-refractivity contribution >= 4 is 23.7 Å². The molecule has 0 aliphatic carbocycles. The molecule has 2 aromatic rings. The fourth-order valence-electron chi connectivity index (χ4n) is 3.25. The summed E-state index contributed by atoms with van der Waals surface area (Å²) in [5.74, 6) is 1.06. The zero-order chi connectivity index (χ0) is 25.0. The fraction of sp³-hybridized carbons (Fsp3) is 0.400. The highest BCUT2D eigenvalue weighted by Crippen LogP contribution is 2.28. The van der Waals surface area contributed by atoms with Crippen LogP contribution in [0.15, 0.2) is 47.6 Å². The molecule has 1 fully saturated rings. The number of morpholine rings is 1. The zero-order valence-corrected chi connectivity index (χ0v) is 20.4. The first-order valence-electron chi connectivity index (χ1n) is 11.4. The minimum absolute atomic E-state index is 0.0823. The maximum Gasteiger partial charge on any atom is 0.277 e. The molecule has 0 unspecified atom stereocenters. The zero-order valence-electron chi connectivity index (χ0n) is 20.4. The largest absolute Gasteiger partial charge is 0.490 e. The van der Waals surface area contributed by atoms with E-state index in [4.69, 9.17) is 18.9 Å². The van der Waals surface area contributed by atoms with Crippen LogP contribution in [0.1, 0.15) is 12.5 Å². The van der Waals surface area contributed by atoms with Crippen molar-refractivity contribution in [3.8, 4) is 17.2 Å². The van der Waals surface area contributed by atoms with Gasteiger partial charge in [0.1, 0.15) is 5.75 Å². The first-order chi connectivity index (χ1) is 17.0. The molecule has 2 aromatic carbocycles. The van der Waals surface area contributed by atoms with Gasteiger partial charge >= 0.3 is 0 Å². The van der Waals surface area contributed by atoms with Gasteiger partial charge in [-0.2, -0.15) is 5.10 Å². The van der Waals surface area contributed by atoms with Crippen LogP contribution in [0.4, 0.5) is 5.69 Å². The molecule has 1 N–H and O–H groups in total. The van der Waals surface area contributed by atoms with E-state index in [0.29, 0.717) is 55.7 Å². The average Bonchev–Trinajstić information content (AvgIpc) is 2.87. The lowest BCUT2D eigenvalue weighted by atomic mass is 10.2. The van der Waals surface area contributed by atoms with Gasteiger partial charge in [-0.1, -0.05) is 6.07 Å². The van der Waals surface area contributed by atoms with Gasteiger partial charge in [0.25, 0.3) is 11.8 Å². The van der Waals surface area contributed by atoms with Gasteiger partial charge in [0.15, 0.2) is 24.7 Å². The Kier molecular flexibility index (Phi) is 9.73. The highest BCUT2D eigenvalue weighted by Gasteiger charge is 2.18. The van der Waals surface area contributed by atoms with Crippen LogP contribution in [0, 0.1) is 0 Å². The molecule has 3 rings (SSSR count). The summed E-state index contributed by atoms with van der Waals surface area (Å²) in [7, 11) is 3.86. The van der Waals surface area contributed by atoms with E-state index in [1.54, 1.807) is 29.2 Å². The second-order valence-electron chi connectivity index (χ2n) is 7.89. The molecule has 2 amide bonds. The van der Waals surface area contributed by atoms with Crippen LogP contribution in [0.25, 0.3) is 0 Å². The van der Waals surface area contributed by atoms with Crippen LogP contribution in [0.5, 0.6) is 17.2 Å². The molecule has 0 bridgehead atoms. The number of carbonyl (C=O) groups is 2. The van der Waals surface area contributed by atoms with Crippen molar-refractivity contribution in [2.75, 3.05) is 65.1 Å². The molecular formula is C25H32N4O6. The number of nitrogens with zero attached hydrogens (tertiary/aromatic N) is 3. The van der Waals surface area contributed by atoms with Gasteiger partial charge in [-0.25, -0.2) is 5.43 Å². The Balaban J connectivity index is 1.51. The van der Waals surface area contributed by atoms with Crippen molar-refractivity contribution in [1.29, 1.82) is 0 Å². The molecule has 1 saturated heterocycles. The Bertz CT molecular complexity index is 1020. The number of carbonyl (C=O) groups excluding carboxylic acids is 2. The van der Waals surface area contributed by atoms with Crippen molar-refractivity contribution in [3.05, 3.63) is 48.0 Å². The molecule has 0 atom stereocenters. The molecule has 10 heteroatoms. The molecule has 1 aliphatic rings. The second kappa shape index (κ2) is 13.2. The number of hydrogen-bond acceptors (Lipinski definition) is 8. The topological polar surface area (TPSA) is 102 Å². The van der Waals surface area contributed by atoms with Crippen LogP contribution < -0.4 is 24.5 Å². The summed E-state index contributed by atoms with van der Waals surface area (Å²) >= 11 is 0. The number of hydrogen-bond donors (Lipinski definition) is 1. The number of rotatable bonds is 11. The Morgan fingerprint density at radius 3 is 2.60 bits per heavy atom. The van der Waals surface area contributed by atoms with Gasteiger partial charge in [-0.15, -0.1) is 0 Å². The molecule has 1 heterocycles. The third kappa shape index (κ3) is 8.18. The van der Waals surface area contributed by atoms with Gasteiger partial charge in [0, 0.05) is 38.9 Å². The van der Waals surface area contributed by atoms with E-state index < -0.39 is 0 Å². The highest BCUT2D eigenvalue weighted by molar-refractivity contribution is 5.84. The molecule has 0 saturated carbocycles. The van der Waals surface area contributed by atoms with E-state index in [1.165, 1.54) is 6.21 Å². The van der Waals surface area contributed by atoms with Gasteiger partial charge in [-0.05, 0) is 42.8 Å². The normalized spacial score (nSPS) is 13.4. The Hall–Kier alpha value is -3.79. The summed E-state index contributed by atoms with van der Waals surface area (Å²) in [6, 6.07) is 12.7. The number of anilines is 1. The van der Waals surface area contributed by atoms with Crippen LogP contribution >= 0.6 is 0 Å². The van der Waals surface area contributed by atoms with E-state index in [2.05, 4.69) is 10.5 Å². The van der Waals surface area contributed by atoms with E-state index in [-0.39, 0.29) is 25.0 Å². The molecule has 0 spiro atoms. The molecule has 10 nitrogen and oxygen atoms in total. The number of hydrazone groups is 1. The van der Waals surface area contributed by atoms with E-state index in [0.717, 1.165) is 5.69 Å². The van der Waals surface area contributed by atoms with Crippen molar-refractivity contribution in [2.45, 2.75) is 6.92 Å². The van der Waals surface area contributed by atoms with Gasteiger partial charge < -0.3 is 28.7 Å². The van der Waals surface area contributed by atoms with Crippen molar-refractivity contribution in [2.24, 2.45) is 5.10 Å². The van der Waals surface area contributed by atoms with Crippen LogP contribution in [0.3, 0.4) is 0 Å². The average molecular weight is 485 g/mol. The maximum atomic E-state index is 12.3. The summed E-state index contributed by atoms with van der Waals surface area (Å²) in [6.07, 6.45) is 1.50. The summed E-state index contributed by atoms with van der Waals surface area (Å²) in [4.78, 5) is 28.1. The monoisotopic (exact) mass is 484 g/mol. The molecule has 0 aromatic heterocycles. The molecule has 35 heavy (non-hydrogen) atoms. The number of benzene rings is 2. The third-order valence-electron chi connectivity index (χ3n) is 5.09. The first-order valence-corrected chi connectivity index (χ1v) is 11.4. The molecular weight excluding hydrogens is 452 g/mol. The molecule has 0 radical (unpaired) electrons. The quantitative estimate of drug-likeness (QED) is 0.384. The first kappa shape index (κ1) is 25.8. The van der Waals surface area contributed by atoms with Crippen LogP contribution in [-0.4, -0.2) is 83.1 Å². The predicted molar refractivity (Wildman–Crippen MR) is 133 cm³/mol. The molecule has 188 valence electrons.